The molecule has 0 unspecified atom stereocenters. The highest BCUT2D eigenvalue weighted by Gasteiger charge is 2.32. The predicted molar refractivity (Wildman–Crippen MR) is 92.5 cm³/mol. The first-order valence-corrected chi connectivity index (χ1v) is 7.92. The van der Waals surface area contributed by atoms with E-state index in [0.29, 0.717) is 28.9 Å². The smallest absolute Gasteiger partial charge is 0.267 e. The van der Waals surface area contributed by atoms with Crippen molar-refractivity contribution in [3.05, 3.63) is 54.0 Å². The van der Waals surface area contributed by atoms with Crippen molar-refractivity contribution in [2.24, 2.45) is 4.99 Å². The van der Waals surface area contributed by atoms with Gasteiger partial charge in [-0.05, 0) is 35.5 Å². The summed E-state index contributed by atoms with van der Waals surface area (Å²) in [5.41, 5.74) is 0.883. The van der Waals surface area contributed by atoms with Gasteiger partial charge in [0.2, 0.25) is 6.79 Å². The van der Waals surface area contributed by atoms with E-state index in [1.807, 2.05) is 24.3 Å². The first-order chi connectivity index (χ1) is 11.2. The Hall–Kier alpha value is -2.47. The second kappa shape index (κ2) is 6.75. The average Bonchev–Trinajstić information content (AvgIpc) is 3.12. The molecule has 0 radical (unpaired) electrons. The molecule has 0 atom stereocenters. The van der Waals surface area contributed by atoms with Gasteiger partial charge >= 0.3 is 0 Å². The van der Waals surface area contributed by atoms with E-state index in [1.54, 1.807) is 17.1 Å². The standard InChI is InChI=1S/C17H16N2O3S/c1-3-7-18-17-19(8-4-2)16(20)15(23-17)10-12-5-6-13-14(9-12)22-11-21-13/h3-6,9-10H,1-2,7-8,11H2/b15-10-,18-17-. The van der Waals surface area contributed by atoms with Gasteiger partial charge in [-0.3, -0.25) is 14.7 Å². The minimum atomic E-state index is -0.0737. The fourth-order valence-corrected chi connectivity index (χ4v) is 3.21. The van der Waals surface area contributed by atoms with Gasteiger partial charge in [0.15, 0.2) is 16.7 Å². The first kappa shape index (κ1) is 15.4. The maximum Gasteiger partial charge on any atom is 0.267 e. The average molecular weight is 328 g/mol. The molecule has 0 aliphatic carbocycles. The molecule has 118 valence electrons. The van der Waals surface area contributed by atoms with Crippen LogP contribution in [0, 0.1) is 0 Å². The van der Waals surface area contributed by atoms with E-state index in [2.05, 4.69) is 18.2 Å². The fourth-order valence-electron chi connectivity index (χ4n) is 2.21. The Bertz CT molecular complexity index is 725. The fraction of sp³-hybridized carbons (Fsp3) is 0.176. The summed E-state index contributed by atoms with van der Waals surface area (Å²) in [6, 6.07) is 5.60. The van der Waals surface area contributed by atoms with Gasteiger partial charge in [0.25, 0.3) is 5.91 Å². The summed E-state index contributed by atoms with van der Waals surface area (Å²) < 4.78 is 10.7. The number of nitrogens with zero attached hydrogens (tertiary/aromatic N) is 2. The molecule has 6 heteroatoms. The van der Waals surface area contributed by atoms with Crippen LogP contribution in [0.25, 0.3) is 6.08 Å². The van der Waals surface area contributed by atoms with Crippen molar-refractivity contribution >= 4 is 28.9 Å². The summed E-state index contributed by atoms with van der Waals surface area (Å²) in [6.45, 7) is 8.48. The number of amides is 1. The molecule has 1 saturated heterocycles. The van der Waals surface area contributed by atoms with Crippen molar-refractivity contribution in [2.75, 3.05) is 19.9 Å². The third-order valence-electron chi connectivity index (χ3n) is 3.25. The molecule has 1 amide bonds. The number of carbonyl (C=O) groups excluding carboxylic acids is 1. The molecule has 0 bridgehead atoms. The van der Waals surface area contributed by atoms with Crippen LogP contribution in [0.2, 0.25) is 0 Å². The minimum absolute atomic E-state index is 0.0737. The zero-order valence-electron chi connectivity index (χ0n) is 12.5. The van der Waals surface area contributed by atoms with Crippen LogP contribution < -0.4 is 9.47 Å². The third kappa shape index (κ3) is 3.17. The van der Waals surface area contributed by atoms with Crippen molar-refractivity contribution in [2.45, 2.75) is 0 Å². The highest BCUT2D eigenvalue weighted by Crippen LogP contribution is 2.36. The molecule has 3 rings (SSSR count). The number of hydrogen-bond acceptors (Lipinski definition) is 5. The van der Waals surface area contributed by atoms with Crippen molar-refractivity contribution in [3.63, 3.8) is 0 Å². The molecule has 2 heterocycles. The Kier molecular flexibility index (Phi) is 4.52. The van der Waals surface area contributed by atoms with Crippen LogP contribution in [-0.2, 0) is 4.79 Å². The zero-order valence-corrected chi connectivity index (χ0v) is 13.3. The van der Waals surface area contributed by atoms with Gasteiger partial charge in [-0.25, -0.2) is 0 Å². The van der Waals surface area contributed by atoms with E-state index in [-0.39, 0.29) is 12.7 Å². The monoisotopic (exact) mass is 328 g/mol. The largest absolute Gasteiger partial charge is 0.454 e. The molecule has 2 aliphatic heterocycles. The number of amidine groups is 1. The third-order valence-corrected chi connectivity index (χ3v) is 4.29. The highest BCUT2D eigenvalue weighted by atomic mass is 32.2. The van der Waals surface area contributed by atoms with Gasteiger partial charge in [-0.2, -0.15) is 0 Å². The van der Waals surface area contributed by atoms with E-state index in [0.717, 1.165) is 11.3 Å². The quantitative estimate of drug-likeness (QED) is 0.616. The van der Waals surface area contributed by atoms with E-state index < -0.39 is 0 Å². The van der Waals surface area contributed by atoms with Crippen LogP contribution in [0.1, 0.15) is 5.56 Å². The number of hydrogen-bond donors (Lipinski definition) is 0. The van der Waals surface area contributed by atoms with Crippen molar-refractivity contribution < 1.29 is 14.3 Å². The van der Waals surface area contributed by atoms with Gasteiger partial charge in [0.05, 0.1) is 11.4 Å². The number of carbonyl (C=O) groups is 1. The Labute approximate surface area is 139 Å². The molecule has 0 spiro atoms. The summed E-state index contributed by atoms with van der Waals surface area (Å²) in [4.78, 5) is 19.1. The number of aliphatic imine (C=N–C) groups is 1. The van der Waals surface area contributed by atoms with Gasteiger partial charge in [0, 0.05) is 6.54 Å². The lowest BCUT2D eigenvalue weighted by atomic mass is 10.2. The van der Waals surface area contributed by atoms with Gasteiger partial charge in [0.1, 0.15) is 0 Å². The van der Waals surface area contributed by atoms with Crippen LogP contribution in [0.15, 0.2) is 53.4 Å². The highest BCUT2D eigenvalue weighted by molar-refractivity contribution is 8.18. The molecule has 1 fully saturated rings. The lowest BCUT2D eigenvalue weighted by Gasteiger charge is -2.12. The number of thioether (sulfide) groups is 1. The van der Waals surface area contributed by atoms with E-state index in [4.69, 9.17) is 9.47 Å². The number of benzene rings is 1. The second-order valence-electron chi connectivity index (χ2n) is 4.84. The lowest BCUT2D eigenvalue weighted by molar-refractivity contribution is -0.121. The Balaban J connectivity index is 1.88. The van der Waals surface area contributed by atoms with E-state index in [1.165, 1.54) is 11.8 Å². The summed E-state index contributed by atoms with van der Waals surface area (Å²) in [5.74, 6) is 1.34. The summed E-state index contributed by atoms with van der Waals surface area (Å²) in [6.07, 6.45) is 5.22. The molecule has 1 aromatic carbocycles. The minimum Gasteiger partial charge on any atom is -0.454 e. The molecule has 0 saturated carbocycles. The molecule has 0 aromatic heterocycles. The Morgan fingerprint density at radius 3 is 2.87 bits per heavy atom. The lowest BCUT2D eigenvalue weighted by Crippen LogP contribution is -2.29. The molecular weight excluding hydrogens is 312 g/mol. The SMILES string of the molecule is C=CC/N=C1\S/C(=C\c2ccc3c(c2)OCO3)C(=O)N1CC=C. The maximum atomic E-state index is 12.5. The summed E-state index contributed by atoms with van der Waals surface area (Å²) in [5, 5.41) is 0.668. The molecule has 23 heavy (non-hydrogen) atoms. The van der Waals surface area contributed by atoms with Crippen LogP contribution in [0.5, 0.6) is 11.5 Å². The first-order valence-electron chi connectivity index (χ1n) is 7.10. The topological polar surface area (TPSA) is 51.1 Å². The van der Waals surface area contributed by atoms with Gasteiger partial charge in [-0.1, -0.05) is 18.2 Å². The molecule has 5 nitrogen and oxygen atoms in total. The maximum absolute atomic E-state index is 12.5. The van der Waals surface area contributed by atoms with E-state index in [9.17, 15) is 4.79 Å². The summed E-state index contributed by atoms with van der Waals surface area (Å²) >= 11 is 1.35. The van der Waals surface area contributed by atoms with Crippen LogP contribution in [0.4, 0.5) is 0 Å². The molecule has 0 N–H and O–H groups in total. The summed E-state index contributed by atoms with van der Waals surface area (Å²) in [7, 11) is 0. The van der Waals surface area contributed by atoms with Gasteiger partial charge < -0.3 is 9.47 Å². The van der Waals surface area contributed by atoms with Crippen molar-refractivity contribution in [3.8, 4) is 11.5 Å². The van der Waals surface area contributed by atoms with Gasteiger partial charge in [-0.15, -0.1) is 13.2 Å². The number of fused-ring (bicyclic) bond motifs is 1. The van der Waals surface area contributed by atoms with Crippen molar-refractivity contribution in [1.82, 2.24) is 4.90 Å². The number of rotatable bonds is 5. The van der Waals surface area contributed by atoms with E-state index >= 15 is 0 Å². The molecule has 1 aromatic rings. The predicted octanol–water partition coefficient (Wildman–Crippen LogP) is 3.06. The Morgan fingerprint density at radius 1 is 1.26 bits per heavy atom. The van der Waals surface area contributed by atoms with Crippen molar-refractivity contribution in [1.29, 1.82) is 0 Å². The van der Waals surface area contributed by atoms with Crippen LogP contribution in [0.3, 0.4) is 0 Å². The molecular formula is C17H16N2O3S. The molecule has 2 aliphatic rings. The Morgan fingerprint density at radius 2 is 2.09 bits per heavy atom. The normalized spacial score (nSPS) is 19.7. The number of ether oxygens (including phenoxy) is 2. The zero-order chi connectivity index (χ0) is 16.2. The van der Waals surface area contributed by atoms with Crippen LogP contribution >= 0.6 is 11.8 Å². The van der Waals surface area contributed by atoms with Crippen LogP contribution in [-0.4, -0.2) is 35.9 Å². The second-order valence-corrected chi connectivity index (χ2v) is 5.85.